The van der Waals surface area contributed by atoms with Crippen molar-refractivity contribution in [3.05, 3.63) is 0 Å². The zero-order chi connectivity index (χ0) is 19.7. The molecule has 0 saturated heterocycles. The van der Waals surface area contributed by atoms with Crippen LogP contribution in [-0.2, 0) is 18.9 Å². The van der Waals surface area contributed by atoms with Crippen LogP contribution in [0.15, 0.2) is 0 Å². The van der Waals surface area contributed by atoms with Crippen LogP contribution in [0.25, 0.3) is 0 Å². The number of unbranched alkanes of at least 4 members (excludes halogenated alkanes) is 1. The number of aliphatic hydroxyl groups excluding tert-OH is 2. The van der Waals surface area contributed by atoms with E-state index in [0.717, 1.165) is 19.4 Å². The summed E-state index contributed by atoms with van der Waals surface area (Å²) in [5.41, 5.74) is 0. The quantitative estimate of drug-likeness (QED) is 0.460. The highest BCUT2D eigenvalue weighted by atomic mass is 16.6. The molecule has 0 saturated carbocycles. The minimum absolute atomic E-state index is 0.0206. The van der Waals surface area contributed by atoms with Gasteiger partial charge in [-0.3, -0.25) is 0 Å². The highest BCUT2D eigenvalue weighted by Crippen LogP contribution is 2.02. The minimum Gasteiger partial charge on any atom is -0.394 e. The van der Waals surface area contributed by atoms with Crippen LogP contribution >= 0.6 is 0 Å². The monoisotopic (exact) mass is 366 g/mol. The smallest absolute Gasteiger partial charge is 0.0784 e. The molecule has 2 N–H and O–H groups in total. The van der Waals surface area contributed by atoms with Gasteiger partial charge in [-0.05, 0) is 48.0 Å². The predicted molar refractivity (Wildman–Crippen MR) is 101 cm³/mol. The van der Waals surface area contributed by atoms with E-state index in [4.69, 9.17) is 29.2 Å². The Labute approximate surface area is 154 Å². The number of hydrogen-bond acceptors (Lipinski definition) is 6. The molecule has 0 aliphatic heterocycles. The third-order valence-electron chi connectivity index (χ3n) is 2.99. The third-order valence-corrected chi connectivity index (χ3v) is 2.99. The summed E-state index contributed by atoms with van der Waals surface area (Å²) in [5.74, 6) is 0. The van der Waals surface area contributed by atoms with Gasteiger partial charge in [0.15, 0.2) is 0 Å². The molecule has 4 atom stereocenters. The topological polar surface area (TPSA) is 77.4 Å². The van der Waals surface area contributed by atoms with Gasteiger partial charge in [-0.15, -0.1) is 0 Å². The van der Waals surface area contributed by atoms with E-state index in [9.17, 15) is 0 Å². The lowest BCUT2D eigenvalue weighted by molar-refractivity contribution is -0.0840. The molecule has 0 aromatic rings. The van der Waals surface area contributed by atoms with Gasteiger partial charge in [0, 0.05) is 6.61 Å². The molecule has 0 aliphatic carbocycles. The summed E-state index contributed by atoms with van der Waals surface area (Å²) in [6, 6.07) is 0. The van der Waals surface area contributed by atoms with Crippen molar-refractivity contribution in [1.82, 2.24) is 0 Å². The van der Waals surface area contributed by atoms with Crippen LogP contribution in [0, 0.1) is 0 Å². The first-order valence-corrected chi connectivity index (χ1v) is 9.48. The molecule has 0 aromatic carbocycles. The van der Waals surface area contributed by atoms with Gasteiger partial charge in [0.05, 0.1) is 56.9 Å². The van der Waals surface area contributed by atoms with Crippen molar-refractivity contribution in [1.29, 1.82) is 0 Å². The molecule has 0 bridgehead atoms. The standard InChI is InChI=1S/C12H26O4.C7H16O2/c1-9(2)16-12(5)8-15-11(4)7-14-10(3)6-13;1-3-4-5-9-6-7(2)8/h9-13H,6-8H2,1-5H3;7-8H,3-6H2,1-2H3. The van der Waals surface area contributed by atoms with Crippen LogP contribution in [0.5, 0.6) is 0 Å². The Balaban J connectivity index is 0. The number of ether oxygens (including phenoxy) is 4. The molecule has 0 radical (unpaired) electrons. The van der Waals surface area contributed by atoms with Gasteiger partial charge < -0.3 is 29.2 Å². The van der Waals surface area contributed by atoms with Gasteiger partial charge in [-0.25, -0.2) is 0 Å². The SMILES string of the molecule is CC(C)OC(C)COC(C)COC(C)CO.CCCCOCC(C)O. The second kappa shape index (κ2) is 18.5. The molecule has 6 heteroatoms. The molecule has 0 rings (SSSR count). The Morgan fingerprint density at radius 1 is 0.800 bits per heavy atom. The molecule has 0 aliphatic rings. The van der Waals surface area contributed by atoms with E-state index in [1.54, 1.807) is 6.92 Å². The molecule has 6 nitrogen and oxygen atoms in total. The molecule has 154 valence electrons. The summed E-state index contributed by atoms with van der Waals surface area (Å²) >= 11 is 0. The fourth-order valence-electron chi connectivity index (χ4n) is 1.70. The molecule has 0 spiro atoms. The molecule has 0 heterocycles. The first-order chi connectivity index (χ1) is 11.7. The molecule has 4 unspecified atom stereocenters. The largest absolute Gasteiger partial charge is 0.394 e. The zero-order valence-corrected chi connectivity index (χ0v) is 17.4. The molecule has 25 heavy (non-hydrogen) atoms. The van der Waals surface area contributed by atoms with Crippen molar-refractivity contribution in [2.75, 3.05) is 33.0 Å². The number of hydrogen-bond donors (Lipinski definition) is 2. The molecule has 0 amide bonds. The normalized spacial score (nSPS) is 16.1. The van der Waals surface area contributed by atoms with Gasteiger partial charge >= 0.3 is 0 Å². The van der Waals surface area contributed by atoms with Crippen LogP contribution in [-0.4, -0.2) is 73.8 Å². The highest BCUT2D eigenvalue weighted by molar-refractivity contribution is 4.55. The lowest BCUT2D eigenvalue weighted by Gasteiger charge is -2.20. The van der Waals surface area contributed by atoms with Crippen LogP contribution in [0.2, 0.25) is 0 Å². The Kier molecular flexibility index (Phi) is 20.0. The van der Waals surface area contributed by atoms with Crippen molar-refractivity contribution in [3.8, 4) is 0 Å². The summed E-state index contributed by atoms with van der Waals surface area (Å²) in [6.45, 7) is 16.0. The van der Waals surface area contributed by atoms with Gasteiger partial charge in [-0.2, -0.15) is 0 Å². The van der Waals surface area contributed by atoms with Crippen molar-refractivity contribution >= 4 is 0 Å². The molecular formula is C19H42O6. The van der Waals surface area contributed by atoms with E-state index in [0.29, 0.717) is 19.8 Å². The van der Waals surface area contributed by atoms with Gasteiger partial charge in [0.1, 0.15) is 0 Å². The summed E-state index contributed by atoms with van der Waals surface area (Å²) < 4.78 is 21.5. The van der Waals surface area contributed by atoms with E-state index >= 15 is 0 Å². The Morgan fingerprint density at radius 3 is 1.84 bits per heavy atom. The van der Waals surface area contributed by atoms with Crippen molar-refractivity contribution < 1.29 is 29.2 Å². The van der Waals surface area contributed by atoms with Gasteiger partial charge in [0.25, 0.3) is 0 Å². The Bertz CT molecular complexity index is 260. The first kappa shape index (κ1) is 27.0. The fraction of sp³-hybridized carbons (Fsp3) is 1.00. The third kappa shape index (κ3) is 23.8. The van der Waals surface area contributed by atoms with Crippen molar-refractivity contribution in [3.63, 3.8) is 0 Å². The maximum atomic E-state index is 8.78. The van der Waals surface area contributed by atoms with E-state index in [1.807, 2.05) is 34.6 Å². The predicted octanol–water partition coefficient (Wildman–Crippen LogP) is 2.79. The van der Waals surface area contributed by atoms with Gasteiger partial charge in [0.2, 0.25) is 0 Å². The Morgan fingerprint density at radius 2 is 1.36 bits per heavy atom. The molecule has 0 aromatic heterocycles. The zero-order valence-electron chi connectivity index (χ0n) is 17.4. The Hall–Kier alpha value is -0.240. The van der Waals surface area contributed by atoms with Crippen LogP contribution < -0.4 is 0 Å². The van der Waals surface area contributed by atoms with Gasteiger partial charge in [-0.1, -0.05) is 13.3 Å². The summed E-state index contributed by atoms with van der Waals surface area (Å²) in [4.78, 5) is 0. The first-order valence-electron chi connectivity index (χ1n) is 9.48. The van der Waals surface area contributed by atoms with Crippen LogP contribution in [0.1, 0.15) is 61.3 Å². The van der Waals surface area contributed by atoms with Crippen molar-refractivity contribution in [2.45, 2.75) is 91.8 Å². The van der Waals surface area contributed by atoms with E-state index in [2.05, 4.69) is 6.92 Å². The lowest BCUT2D eigenvalue weighted by Crippen LogP contribution is -2.27. The average molecular weight is 367 g/mol. The summed E-state index contributed by atoms with van der Waals surface area (Å²) in [6.07, 6.45) is 2.13. The fourth-order valence-corrected chi connectivity index (χ4v) is 1.70. The average Bonchev–Trinajstić information content (AvgIpc) is 2.54. The van der Waals surface area contributed by atoms with E-state index < -0.39 is 0 Å². The maximum absolute atomic E-state index is 8.78. The maximum Gasteiger partial charge on any atom is 0.0784 e. The van der Waals surface area contributed by atoms with Crippen molar-refractivity contribution in [2.24, 2.45) is 0 Å². The van der Waals surface area contributed by atoms with Crippen LogP contribution in [0.4, 0.5) is 0 Å². The molecule has 0 fully saturated rings. The number of rotatable bonds is 14. The van der Waals surface area contributed by atoms with E-state index in [-0.39, 0.29) is 37.1 Å². The second-order valence-corrected chi connectivity index (χ2v) is 6.74. The number of aliphatic hydroxyl groups is 2. The lowest BCUT2D eigenvalue weighted by atomic mass is 10.3. The summed E-state index contributed by atoms with van der Waals surface area (Å²) in [7, 11) is 0. The summed E-state index contributed by atoms with van der Waals surface area (Å²) in [5, 5.41) is 17.5. The highest BCUT2D eigenvalue weighted by Gasteiger charge is 2.10. The molecular weight excluding hydrogens is 324 g/mol. The van der Waals surface area contributed by atoms with E-state index in [1.165, 1.54) is 0 Å². The minimum atomic E-state index is -0.318. The second-order valence-electron chi connectivity index (χ2n) is 6.74. The van der Waals surface area contributed by atoms with Crippen LogP contribution in [0.3, 0.4) is 0 Å².